The maximum Gasteiger partial charge on any atom is 0.230 e. The molecule has 3 rings (SSSR count). The molecular weight excluding hydrogens is 360 g/mol. The molecule has 5 nitrogen and oxygen atoms in total. The molecule has 3 aromatic rings. The number of carbonyl (C=O) groups excluding carboxylic acids is 1. The minimum atomic E-state index is -0.0473. The van der Waals surface area contributed by atoms with Gasteiger partial charge in [-0.3, -0.25) is 4.79 Å². The largest absolute Gasteiger partial charge is 0.467 e. The highest BCUT2D eigenvalue weighted by atomic mass is 35.5. The molecule has 0 atom stereocenters. The predicted molar refractivity (Wildman–Crippen MR) is 98.4 cm³/mol. The van der Waals surface area contributed by atoms with Crippen LogP contribution in [-0.2, 0) is 17.1 Å². The van der Waals surface area contributed by atoms with Crippen LogP contribution in [0.25, 0.3) is 11.5 Å². The smallest absolute Gasteiger partial charge is 0.230 e. The molecule has 0 aliphatic heterocycles. The summed E-state index contributed by atoms with van der Waals surface area (Å²) in [6.45, 7) is 2.26. The highest BCUT2D eigenvalue weighted by Crippen LogP contribution is 2.29. The second-order valence-electron chi connectivity index (χ2n) is 5.35. The Morgan fingerprint density at radius 3 is 2.88 bits per heavy atom. The third kappa shape index (κ3) is 4.67. The number of oxazole rings is 1. The van der Waals surface area contributed by atoms with Crippen molar-refractivity contribution in [1.82, 2.24) is 10.3 Å². The number of benzene rings is 1. The van der Waals surface area contributed by atoms with Gasteiger partial charge < -0.3 is 14.2 Å². The van der Waals surface area contributed by atoms with E-state index in [0.29, 0.717) is 29.0 Å². The van der Waals surface area contributed by atoms with E-state index in [2.05, 4.69) is 10.3 Å². The van der Waals surface area contributed by atoms with Crippen LogP contribution in [0.5, 0.6) is 0 Å². The minimum absolute atomic E-state index is 0.0473. The zero-order chi connectivity index (χ0) is 17.6. The summed E-state index contributed by atoms with van der Waals surface area (Å²) in [4.78, 5) is 16.4. The summed E-state index contributed by atoms with van der Waals surface area (Å²) >= 11 is 7.66. The first-order valence-electron chi connectivity index (χ1n) is 7.71. The summed E-state index contributed by atoms with van der Waals surface area (Å²) in [6, 6.07) is 11.0. The molecule has 130 valence electrons. The van der Waals surface area contributed by atoms with Crippen LogP contribution in [0.4, 0.5) is 0 Å². The van der Waals surface area contributed by atoms with Crippen molar-refractivity contribution in [2.45, 2.75) is 19.2 Å². The van der Waals surface area contributed by atoms with Gasteiger partial charge in [-0.2, -0.15) is 0 Å². The molecule has 0 spiro atoms. The standard InChI is InChI=1S/C18H17ClN2O3S/c1-12-16(21-18(24-12)14-6-2-3-7-15(14)19)10-25-11-17(22)20-9-13-5-4-8-23-13/h2-8H,9-11H2,1H3,(H,20,22). The molecule has 0 unspecified atom stereocenters. The van der Waals surface area contributed by atoms with Gasteiger partial charge in [-0.25, -0.2) is 4.98 Å². The van der Waals surface area contributed by atoms with E-state index in [9.17, 15) is 4.79 Å². The first kappa shape index (κ1) is 17.6. The zero-order valence-corrected chi connectivity index (χ0v) is 15.2. The summed E-state index contributed by atoms with van der Waals surface area (Å²) in [5.74, 6) is 2.85. The molecule has 1 amide bonds. The number of amides is 1. The predicted octanol–water partition coefficient (Wildman–Crippen LogP) is 4.45. The fourth-order valence-corrected chi connectivity index (χ4v) is 3.27. The molecule has 0 saturated carbocycles. The van der Waals surface area contributed by atoms with Crippen molar-refractivity contribution >= 4 is 29.3 Å². The number of thioether (sulfide) groups is 1. The first-order valence-corrected chi connectivity index (χ1v) is 9.25. The average molecular weight is 377 g/mol. The van der Waals surface area contributed by atoms with Crippen LogP contribution in [0, 0.1) is 6.92 Å². The van der Waals surface area contributed by atoms with Gasteiger partial charge in [0, 0.05) is 5.75 Å². The zero-order valence-electron chi connectivity index (χ0n) is 13.6. The van der Waals surface area contributed by atoms with E-state index in [1.165, 1.54) is 11.8 Å². The number of nitrogens with one attached hydrogen (secondary N) is 1. The molecule has 2 heterocycles. The number of nitrogens with zero attached hydrogens (tertiary/aromatic N) is 1. The topological polar surface area (TPSA) is 68.3 Å². The van der Waals surface area contributed by atoms with E-state index in [-0.39, 0.29) is 5.91 Å². The number of carbonyl (C=O) groups is 1. The maximum absolute atomic E-state index is 11.8. The molecule has 25 heavy (non-hydrogen) atoms. The molecule has 0 radical (unpaired) electrons. The lowest BCUT2D eigenvalue weighted by Crippen LogP contribution is -2.24. The Bertz CT molecular complexity index is 846. The Hall–Kier alpha value is -2.18. The third-order valence-electron chi connectivity index (χ3n) is 3.51. The Balaban J connectivity index is 1.52. The Morgan fingerprint density at radius 2 is 2.12 bits per heavy atom. The normalized spacial score (nSPS) is 10.8. The van der Waals surface area contributed by atoms with Gasteiger partial charge in [-0.15, -0.1) is 11.8 Å². The monoisotopic (exact) mass is 376 g/mol. The lowest BCUT2D eigenvalue weighted by Gasteiger charge is -2.02. The summed E-state index contributed by atoms with van der Waals surface area (Å²) in [5, 5.41) is 3.41. The van der Waals surface area contributed by atoms with Crippen LogP contribution < -0.4 is 5.32 Å². The van der Waals surface area contributed by atoms with Crippen LogP contribution in [0.2, 0.25) is 5.02 Å². The number of aryl methyl sites for hydroxylation is 1. The van der Waals surface area contributed by atoms with Crippen LogP contribution in [0.15, 0.2) is 51.5 Å². The number of hydrogen-bond acceptors (Lipinski definition) is 5. The van der Waals surface area contributed by atoms with Crippen LogP contribution in [0.1, 0.15) is 17.2 Å². The first-order chi connectivity index (χ1) is 12.1. The molecule has 7 heteroatoms. The molecule has 1 aromatic carbocycles. The van der Waals surface area contributed by atoms with E-state index in [1.54, 1.807) is 18.4 Å². The fourth-order valence-electron chi connectivity index (χ4n) is 2.20. The molecule has 0 fully saturated rings. The van der Waals surface area contributed by atoms with Crippen molar-refractivity contribution in [3.05, 3.63) is 64.9 Å². The van der Waals surface area contributed by atoms with Gasteiger partial charge in [0.2, 0.25) is 11.8 Å². The minimum Gasteiger partial charge on any atom is -0.467 e. The van der Waals surface area contributed by atoms with Gasteiger partial charge in [-0.05, 0) is 31.2 Å². The number of aromatic nitrogens is 1. The van der Waals surface area contributed by atoms with E-state index < -0.39 is 0 Å². The second-order valence-corrected chi connectivity index (χ2v) is 6.74. The lowest BCUT2D eigenvalue weighted by molar-refractivity contribution is -0.118. The Morgan fingerprint density at radius 1 is 1.28 bits per heavy atom. The summed E-state index contributed by atoms with van der Waals surface area (Å²) in [7, 11) is 0. The molecule has 0 aliphatic carbocycles. The van der Waals surface area contributed by atoms with Crippen LogP contribution >= 0.6 is 23.4 Å². The number of furan rings is 1. The van der Waals surface area contributed by atoms with E-state index in [1.807, 2.05) is 31.2 Å². The van der Waals surface area contributed by atoms with Crippen molar-refractivity contribution in [1.29, 1.82) is 0 Å². The number of halogens is 1. The van der Waals surface area contributed by atoms with Crippen molar-refractivity contribution in [3.63, 3.8) is 0 Å². The average Bonchev–Trinajstić information content (AvgIpc) is 3.24. The lowest BCUT2D eigenvalue weighted by atomic mass is 10.2. The molecule has 0 aliphatic rings. The summed E-state index contributed by atoms with van der Waals surface area (Å²) in [6.07, 6.45) is 1.58. The van der Waals surface area contributed by atoms with Gasteiger partial charge >= 0.3 is 0 Å². The molecule has 0 bridgehead atoms. The van der Waals surface area contributed by atoms with Crippen LogP contribution in [-0.4, -0.2) is 16.6 Å². The highest BCUT2D eigenvalue weighted by Gasteiger charge is 2.14. The molecule has 1 N–H and O–H groups in total. The number of hydrogen-bond donors (Lipinski definition) is 1. The van der Waals surface area contributed by atoms with E-state index in [4.69, 9.17) is 20.4 Å². The fraction of sp³-hybridized carbons (Fsp3) is 0.222. The van der Waals surface area contributed by atoms with Gasteiger partial charge in [0.05, 0.1) is 34.8 Å². The van der Waals surface area contributed by atoms with E-state index in [0.717, 1.165) is 22.8 Å². The quantitative estimate of drug-likeness (QED) is 0.659. The van der Waals surface area contributed by atoms with Crippen molar-refractivity contribution in [3.8, 4) is 11.5 Å². The molecular formula is C18H17ClN2O3S. The van der Waals surface area contributed by atoms with Crippen LogP contribution in [0.3, 0.4) is 0 Å². The number of rotatable bonds is 7. The Labute approximate surface area is 154 Å². The summed E-state index contributed by atoms with van der Waals surface area (Å²) < 4.78 is 10.9. The van der Waals surface area contributed by atoms with Gasteiger partial charge in [0.1, 0.15) is 11.5 Å². The van der Waals surface area contributed by atoms with Crippen molar-refractivity contribution in [2.75, 3.05) is 5.75 Å². The van der Waals surface area contributed by atoms with Gasteiger partial charge in [0.25, 0.3) is 0 Å². The van der Waals surface area contributed by atoms with E-state index >= 15 is 0 Å². The molecule has 2 aromatic heterocycles. The van der Waals surface area contributed by atoms with Crippen molar-refractivity contribution < 1.29 is 13.6 Å². The van der Waals surface area contributed by atoms with Crippen molar-refractivity contribution in [2.24, 2.45) is 0 Å². The SMILES string of the molecule is Cc1oc(-c2ccccc2Cl)nc1CSCC(=O)NCc1ccco1. The highest BCUT2D eigenvalue weighted by molar-refractivity contribution is 7.99. The second kappa shape index (κ2) is 8.27. The third-order valence-corrected chi connectivity index (χ3v) is 4.78. The van der Waals surface area contributed by atoms with Gasteiger partial charge in [-0.1, -0.05) is 23.7 Å². The van der Waals surface area contributed by atoms with Gasteiger partial charge in [0.15, 0.2) is 0 Å². The maximum atomic E-state index is 11.8. The Kier molecular flexibility index (Phi) is 5.83. The molecule has 0 saturated heterocycles. The summed E-state index contributed by atoms with van der Waals surface area (Å²) in [5.41, 5.74) is 1.58.